The van der Waals surface area contributed by atoms with E-state index in [1.165, 1.54) is 38.5 Å². The molecule has 0 spiro atoms. The molecule has 1 saturated heterocycles. The molecule has 3 fully saturated rings. The summed E-state index contributed by atoms with van der Waals surface area (Å²) >= 11 is 0. The largest absolute Gasteiger partial charge is 0.335 e. The van der Waals surface area contributed by atoms with Crippen LogP contribution in [0, 0.1) is 5.92 Å². The predicted octanol–water partition coefficient (Wildman–Crippen LogP) is 2.71. The number of nitrogens with one attached hydrogen (secondary N) is 1. The van der Waals surface area contributed by atoms with E-state index >= 15 is 0 Å². The van der Waals surface area contributed by atoms with Crippen LogP contribution in [0.5, 0.6) is 0 Å². The molecule has 2 saturated carbocycles. The van der Waals surface area contributed by atoms with Crippen molar-refractivity contribution in [2.24, 2.45) is 5.92 Å². The minimum absolute atomic E-state index is 0.0763. The first kappa shape index (κ1) is 15.6. The molecule has 1 aliphatic heterocycles. The molecule has 5 nitrogen and oxygen atoms in total. The molecule has 5 heteroatoms. The minimum Gasteiger partial charge on any atom is -0.335 e. The molecule has 3 rings (SSSR count). The van der Waals surface area contributed by atoms with Gasteiger partial charge in [0.25, 0.3) is 0 Å². The first-order valence-electron chi connectivity index (χ1n) is 8.98. The molecule has 1 unspecified atom stereocenters. The van der Waals surface area contributed by atoms with Crippen molar-refractivity contribution in [3.63, 3.8) is 0 Å². The fourth-order valence-corrected chi connectivity index (χ4v) is 3.74. The van der Waals surface area contributed by atoms with Gasteiger partial charge in [-0.1, -0.05) is 32.1 Å². The summed E-state index contributed by atoms with van der Waals surface area (Å²) in [6.45, 7) is 2.81. The van der Waals surface area contributed by atoms with Crippen molar-refractivity contribution in [3.05, 3.63) is 0 Å². The summed E-state index contributed by atoms with van der Waals surface area (Å²) in [6.07, 6.45) is 11.3. The van der Waals surface area contributed by atoms with E-state index in [0.717, 1.165) is 25.2 Å². The van der Waals surface area contributed by atoms with E-state index in [9.17, 15) is 9.59 Å². The standard InChI is InChI=1S/C17H29N3O2/c1-13(7-8-14-5-3-2-4-6-14)18-17(22)19-11-16(21)20(12-19)15-9-10-15/h13-15H,2-12H2,1H3,(H,18,22). The van der Waals surface area contributed by atoms with E-state index in [0.29, 0.717) is 12.7 Å². The van der Waals surface area contributed by atoms with E-state index in [-0.39, 0.29) is 24.5 Å². The van der Waals surface area contributed by atoms with Gasteiger partial charge in [-0.25, -0.2) is 4.79 Å². The SMILES string of the molecule is CC(CCC1CCCCC1)NC(=O)N1CC(=O)N(C2CC2)C1. The van der Waals surface area contributed by atoms with Crippen LogP contribution >= 0.6 is 0 Å². The Morgan fingerprint density at radius 1 is 1.23 bits per heavy atom. The van der Waals surface area contributed by atoms with E-state index in [1.54, 1.807) is 4.90 Å². The van der Waals surface area contributed by atoms with Crippen molar-refractivity contribution in [1.29, 1.82) is 0 Å². The monoisotopic (exact) mass is 307 g/mol. The molecular weight excluding hydrogens is 278 g/mol. The fraction of sp³-hybridized carbons (Fsp3) is 0.882. The molecule has 1 heterocycles. The minimum atomic E-state index is -0.0763. The van der Waals surface area contributed by atoms with Gasteiger partial charge >= 0.3 is 6.03 Å². The Labute approximate surface area is 133 Å². The van der Waals surface area contributed by atoms with Crippen molar-refractivity contribution in [2.45, 2.75) is 76.8 Å². The van der Waals surface area contributed by atoms with Gasteiger partial charge in [0, 0.05) is 12.1 Å². The maximum atomic E-state index is 12.3. The van der Waals surface area contributed by atoms with E-state index in [1.807, 2.05) is 4.90 Å². The van der Waals surface area contributed by atoms with Crippen LogP contribution < -0.4 is 5.32 Å². The summed E-state index contributed by atoms with van der Waals surface area (Å²) in [5, 5.41) is 3.07. The molecular formula is C17H29N3O2. The highest BCUT2D eigenvalue weighted by atomic mass is 16.2. The maximum Gasteiger partial charge on any atom is 0.319 e. The topological polar surface area (TPSA) is 52.7 Å². The zero-order valence-corrected chi connectivity index (χ0v) is 13.7. The summed E-state index contributed by atoms with van der Waals surface area (Å²) in [6, 6.07) is 0.515. The van der Waals surface area contributed by atoms with Crippen molar-refractivity contribution in [1.82, 2.24) is 15.1 Å². The highest BCUT2D eigenvalue weighted by Gasteiger charge is 2.40. The zero-order chi connectivity index (χ0) is 15.5. The molecule has 3 amide bonds. The highest BCUT2D eigenvalue weighted by molar-refractivity contribution is 5.87. The van der Waals surface area contributed by atoms with E-state index in [4.69, 9.17) is 0 Å². The lowest BCUT2D eigenvalue weighted by molar-refractivity contribution is -0.127. The Kier molecular flexibility index (Phi) is 4.89. The van der Waals surface area contributed by atoms with Crippen LogP contribution in [0.1, 0.15) is 64.7 Å². The lowest BCUT2D eigenvalue weighted by Gasteiger charge is -2.24. The van der Waals surface area contributed by atoms with Crippen LogP contribution in [0.15, 0.2) is 0 Å². The zero-order valence-electron chi connectivity index (χ0n) is 13.7. The van der Waals surface area contributed by atoms with Crippen LogP contribution in [0.25, 0.3) is 0 Å². The van der Waals surface area contributed by atoms with Crippen molar-refractivity contribution < 1.29 is 9.59 Å². The molecule has 2 aliphatic carbocycles. The molecule has 3 aliphatic rings. The summed E-state index contributed by atoms with van der Waals surface area (Å²) in [4.78, 5) is 27.7. The molecule has 0 radical (unpaired) electrons. The number of hydrogen-bond donors (Lipinski definition) is 1. The van der Waals surface area contributed by atoms with E-state index < -0.39 is 0 Å². The average molecular weight is 307 g/mol. The molecule has 0 aromatic rings. The number of amides is 3. The first-order valence-corrected chi connectivity index (χ1v) is 8.98. The van der Waals surface area contributed by atoms with Crippen molar-refractivity contribution in [3.8, 4) is 0 Å². The lowest BCUT2D eigenvalue weighted by atomic mass is 9.85. The number of rotatable bonds is 5. The average Bonchev–Trinajstić information content (AvgIpc) is 3.28. The second kappa shape index (κ2) is 6.88. The van der Waals surface area contributed by atoms with Crippen LogP contribution in [-0.2, 0) is 4.79 Å². The molecule has 1 atom stereocenters. The number of carbonyl (C=O) groups is 2. The molecule has 1 N–H and O–H groups in total. The van der Waals surface area contributed by atoms with Gasteiger partial charge in [0.05, 0.1) is 6.67 Å². The van der Waals surface area contributed by atoms with Crippen LogP contribution in [-0.4, -0.2) is 47.0 Å². The maximum absolute atomic E-state index is 12.3. The van der Waals surface area contributed by atoms with Crippen LogP contribution in [0.4, 0.5) is 4.79 Å². The van der Waals surface area contributed by atoms with Gasteiger partial charge in [-0.05, 0) is 38.5 Å². The molecule has 0 aromatic heterocycles. The second-order valence-corrected chi connectivity index (χ2v) is 7.37. The van der Waals surface area contributed by atoms with Gasteiger partial charge in [-0.3, -0.25) is 9.69 Å². The Balaban J connectivity index is 1.38. The molecule has 0 aromatic carbocycles. The quantitative estimate of drug-likeness (QED) is 0.849. The number of hydrogen-bond acceptors (Lipinski definition) is 2. The van der Waals surface area contributed by atoms with Crippen LogP contribution in [0.3, 0.4) is 0 Å². The van der Waals surface area contributed by atoms with Crippen molar-refractivity contribution >= 4 is 11.9 Å². The van der Waals surface area contributed by atoms with Gasteiger partial charge in [0.1, 0.15) is 6.54 Å². The Hall–Kier alpha value is -1.26. The Bertz CT molecular complexity index is 416. The second-order valence-electron chi connectivity index (χ2n) is 7.37. The van der Waals surface area contributed by atoms with Gasteiger partial charge in [-0.2, -0.15) is 0 Å². The van der Waals surface area contributed by atoms with Gasteiger partial charge < -0.3 is 10.2 Å². The Morgan fingerprint density at radius 3 is 2.64 bits per heavy atom. The third kappa shape index (κ3) is 3.93. The van der Waals surface area contributed by atoms with Gasteiger partial charge in [0.2, 0.25) is 5.91 Å². The smallest absolute Gasteiger partial charge is 0.319 e. The lowest BCUT2D eigenvalue weighted by Crippen LogP contribution is -2.43. The van der Waals surface area contributed by atoms with E-state index in [2.05, 4.69) is 12.2 Å². The normalized spacial score (nSPS) is 24.7. The fourth-order valence-electron chi connectivity index (χ4n) is 3.74. The summed E-state index contributed by atoms with van der Waals surface area (Å²) < 4.78 is 0. The number of carbonyl (C=O) groups excluding carboxylic acids is 2. The predicted molar refractivity (Wildman–Crippen MR) is 85.2 cm³/mol. The Morgan fingerprint density at radius 2 is 1.95 bits per heavy atom. The number of nitrogens with zero attached hydrogens (tertiary/aromatic N) is 2. The first-order chi connectivity index (χ1) is 10.6. The highest BCUT2D eigenvalue weighted by Crippen LogP contribution is 2.29. The van der Waals surface area contributed by atoms with Crippen LogP contribution in [0.2, 0.25) is 0 Å². The number of urea groups is 1. The van der Waals surface area contributed by atoms with Crippen molar-refractivity contribution in [2.75, 3.05) is 13.2 Å². The molecule has 22 heavy (non-hydrogen) atoms. The third-order valence-corrected chi connectivity index (χ3v) is 5.35. The summed E-state index contributed by atoms with van der Waals surface area (Å²) in [5.41, 5.74) is 0. The van der Waals surface area contributed by atoms with Gasteiger partial charge in [0.15, 0.2) is 0 Å². The summed E-state index contributed by atoms with van der Waals surface area (Å²) in [7, 11) is 0. The summed E-state index contributed by atoms with van der Waals surface area (Å²) in [5.74, 6) is 0.958. The molecule has 0 bridgehead atoms. The molecule has 124 valence electrons. The van der Waals surface area contributed by atoms with Gasteiger partial charge in [-0.15, -0.1) is 0 Å². The third-order valence-electron chi connectivity index (χ3n) is 5.35.